The zero-order valence-corrected chi connectivity index (χ0v) is 13.5. The van der Waals surface area contributed by atoms with Crippen LogP contribution in [-0.4, -0.2) is 10.9 Å². The lowest BCUT2D eigenvalue weighted by Gasteiger charge is -2.05. The maximum atomic E-state index is 11.6. The Morgan fingerprint density at radius 1 is 1.08 bits per heavy atom. The van der Waals surface area contributed by atoms with Crippen LogP contribution in [0.25, 0.3) is 11.1 Å². The molecule has 0 unspecified atom stereocenters. The molecular formula is C20H16N2O2. The number of benzene rings is 2. The molecule has 118 valence electrons. The number of Topliss-reactive ketones (excluding diaryl/α,β-unsaturated/α-hetero) is 1. The molecule has 0 aliphatic rings. The van der Waals surface area contributed by atoms with E-state index in [1.807, 2.05) is 55.5 Å². The number of carbonyl (C=O) groups excluding carboxylic acids is 1. The third-order valence-corrected chi connectivity index (χ3v) is 4.00. The summed E-state index contributed by atoms with van der Waals surface area (Å²) in [6.45, 7) is 3.31. The summed E-state index contributed by atoms with van der Waals surface area (Å²) in [5.74, 6) is 0.590. The van der Waals surface area contributed by atoms with Crippen molar-refractivity contribution < 1.29 is 9.32 Å². The zero-order chi connectivity index (χ0) is 17.1. The lowest BCUT2D eigenvalue weighted by Crippen LogP contribution is -2.00. The Bertz CT molecular complexity index is 914. The fourth-order valence-corrected chi connectivity index (χ4v) is 2.63. The van der Waals surface area contributed by atoms with Gasteiger partial charge >= 0.3 is 0 Å². The van der Waals surface area contributed by atoms with E-state index in [1.54, 1.807) is 0 Å². The molecule has 0 bridgehead atoms. The van der Waals surface area contributed by atoms with E-state index < -0.39 is 0 Å². The molecule has 0 amide bonds. The summed E-state index contributed by atoms with van der Waals surface area (Å²) in [7, 11) is 0. The minimum Gasteiger partial charge on any atom is -0.361 e. The third-order valence-electron chi connectivity index (χ3n) is 4.00. The molecule has 0 radical (unpaired) electrons. The summed E-state index contributed by atoms with van der Waals surface area (Å²) in [5, 5.41) is 12.7. The van der Waals surface area contributed by atoms with Crippen molar-refractivity contribution >= 4 is 5.78 Å². The number of nitrogens with zero attached hydrogens (tertiary/aromatic N) is 2. The van der Waals surface area contributed by atoms with Gasteiger partial charge in [0.2, 0.25) is 0 Å². The summed E-state index contributed by atoms with van der Waals surface area (Å²) in [6, 6.07) is 17.7. The molecule has 1 aromatic heterocycles. The van der Waals surface area contributed by atoms with Gasteiger partial charge in [0.05, 0.1) is 11.6 Å². The summed E-state index contributed by atoms with van der Waals surface area (Å²) in [6.07, 6.45) is 0.609. The number of rotatable bonds is 4. The molecule has 3 aromatic rings. The topological polar surface area (TPSA) is 66.9 Å². The molecule has 24 heavy (non-hydrogen) atoms. The Balaban J connectivity index is 1.84. The van der Waals surface area contributed by atoms with Crippen molar-refractivity contribution in [2.24, 2.45) is 0 Å². The van der Waals surface area contributed by atoms with E-state index in [-0.39, 0.29) is 5.78 Å². The third kappa shape index (κ3) is 3.11. The predicted molar refractivity (Wildman–Crippen MR) is 90.6 cm³/mol. The van der Waals surface area contributed by atoms with Crippen LogP contribution in [0.15, 0.2) is 53.1 Å². The van der Waals surface area contributed by atoms with E-state index in [0.29, 0.717) is 23.4 Å². The highest BCUT2D eigenvalue weighted by Gasteiger charge is 2.16. The predicted octanol–water partition coefficient (Wildman–Crippen LogP) is 4.32. The second-order valence-electron chi connectivity index (χ2n) is 5.68. The average Bonchev–Trinajstić information content (AvgIpc) is 2.97. The van der Waals surface area contributed by atoms with E-state index in [1.165, 1.54) is 6.92 Å². The van der Waals surface area contributed by atoms with Crippen molar-refractivity contribution in [1.29, 1.82) is 5.26 Å². The van der Waals surface area contributed by atoms with Gasteiger partial charge in [-0.3, -0.25) is 4.79 Å². The number of aromatic nitrogens is 1. The van der Waals surface area contributed by atoms with Crippen LogP contribution in [0.3, 0.4) is 0 Å². The largest absolute Gasteiger partial charge is 0.361 e. The number of aryl methyl sites for hydroxylation is 1. The molecule has 0 saturated heterocycles. The SMILES string of the molecule is CC(=O)c1noc(C)c1Cc1ccc(-c2ccc(C#N)cc2)cc1. The van der Waals surface area contributed by atoms with Crippen molar-refractivity contribution in [1.82, 2.24) is 5.16 Å². The molecule has 0 aliphatic carbocycles. The molecular weight excluding hydrogens is 300 g/mol. The monoisotopic (exact) mass is 316 g/mol. The molecule has 3 rings (SSSR count). The molecule has 0 saturated carbocycles. The van der Waals surface area contributed by atoms with E-state index in [0.717, 1.165) is 22.3 Å². The second kappa shape index (κ2) is 6.51. The smallest absolute Gasteiger partial charge is 0.181 e. The Morgan fingerprint density at radius 3 is 2.21 bits per heavy atom. The van der Waals surface area contributed by atoms with Gasteiger partial charge in [0.1, 0.15) is 5.76 Å². The Kier molecular flexibility index (Phi) is 4.26. The summed E-state index contributed by atoms with van der Waals surface area (Å²) < 4.78 is 5.15. The molecule has 0 N–H and O–H groups in total. The summed E-state index contributed by atoms with van der Waals surface area (Å²) in [4.78, 5) is 11.6. The minimum absolute atomic E-state index is 0.0870. The van der Waals surface area contributed by atoms with Crippen LogP contribution in [0.2, 0.25) is 0 Å². The zero-order valence-electron chi connectivity index (χ0n) is 13.5. The van der Waals surface area contributed by atoms with Crippen LogP contribution in [0, 0.1) is 18.3 Å². The van der Waals surface area contributed by atoms with Gasteiger partial charge in [0.25, 0.3) is 0 Å². The molecule has 0 aliphatic heterocycles. The van der Waals surface area contributed by atoms with Crippen molar-refractivity contribution in [3.63, 3.8) is 0 Å². The van der Waals surface area contributed by atoms with Crippen LogP contribution in [-0.2, 0) is 6.42 Å². The lowest BCUT2D eigenvalue weighted by atomic mass is 9.98. The van der Waals surface area contributed by atoms with E-state index in [9.17, 15) is 4.79 Å². The highest BCUT2D eigenvalue weighted by Crippen LogP contribution is 2.23. The van der Waals surface area contributed by atoms with E-state index in [4.69, 9.17) is 9.78 Å². The first-order chi connectivity index (χ1) is 11.6. The molecule has 0 atom stereocenters. The maximum absolute atomic E-state index is 11.6. The van der Waals surface area contributed by atoms with Gasteiger partial charge in [-0.25, -0.2) is 0 Å². The Labute approximate surface area is 140 Å². The van der Waals surface area contributed by atoms with Crippen LogP contribution in [0.1, 0.15) is 39.9 Å². The van der Waals surface area contributed by atoms with E-state index >= 15 is 0 Å². The highest BCUT2D eigenvalue weighted by molar-refractivity contribution is 5.93. The van der Waals surface area contributed by atoms with Gasteiger partial charge in [-0.15, -0.1) is 0 Å². The fraction of sp³-hybridized carbons (Fsp3) is 0.150. The van der Waals surface area contributed by atoms with Crippen LogP contribution in [0.5, 0.6) is 0 Å². The van der Waals surface area contributed by atoms with Gasteiger partial charge in [0.15, 0.2) is 11.5 Å². The number of hydrogen-bond donors (Lipinski definition) is 0. The maximum Gasteiger partial charge on any atom is 0.181 e. The quantitative estimate of drug-likeness (QED) is 0.672. The normalized spacial score (nSPS) is 10.4. The molecule has 2 aromatic carbocycles. The van der Waals surface area contributed by atoms with Crippen LogP contribution >= 0.6 is 0 Å². The van der Waals surface area contributed by atoms with Gasteiger partial charge in [-0.05, 0) is 35.7 Å². The number of nitriles is 1. The molecule has 4 heteroatoms. The molecule has 0 spiro atoms. The first kappa shape index (κ1) is 15.7. The standard InChI is InChI=1S/C20H16N2O2/c1-13(23)20-19(14(2)24-22-20)11-15-3-7-17(8-4-15)18-9-5-16(12-21)6-10-18/h3-10H,11H2,1-2H3. The average molecular weight is 316 g/mol. The Morgan fingerprint density at radius 2 is 1.67 bits per heavy atom. The van der Waals surface area contributed by atoms with Gasteiger partial charge in [-0.1, -0.05) is 41.6 Å². The van der Waals surface area contributed by atoms with Gasteiger partial charge < -0.3 is 4.52 Å². The van der Waals surface area contributed by atoms with Gasteiger partial charge in [0, 0.05) is 18.9 Å². The lowest BCUT2D eigenvalue weighted by molar-refractivity contribution is 0.100. The fourth-order valence-electron chi connectivity index (χ4n) is 2.63. The summed E-state index contributed by atoms with van der Waals surface area (Å²) in [5.41, 5.74) is 5.12. The van der Waals surface area contributed by atoms with Crippen molar-refractivity contribution in [2.45, 2.75) is 20.3 Å². The van der Waals surface area contributed by atoms with E-state index in [2.05, 4.69) is 11.2 Å². The molecule has 1 heterocycles. The first-order valence-corrected chi connectivity index (χ1v) is 7.64. The summed E-state index contributed by atoms with van der Waals surface area (Å²) >= 11 is 0. The second-order valence-corrected chi connectivity index (χ2v) is 5.68. The number of hydrogen-bond acceptors (Lipinski definition) is 4. The van der Waals surface area contributed by atoms with Crippen LogP contribution in [0.4, 0.5) is 0 Å². The first-order valence-electron chi connectivity index (χ1n) is 7.64. The van der Waals surface area contributed by atoms with Crippen molar-refractivity contribution in [3.8, 4) is 17.2 Å². The van der Waals surface area contributed by atoms with Crippen molar-refractivity contribution in [3.05, 3.63) is 76.7 Å². The molecule has 0 fully saturated rings. The number of ketones is 1. The number of carbonyl (C=O) groups is 1. The van der Waals surface area contributed by atoms with Crippen molar-refractivity contribution in [2.75, 3.05) is 0 Å². The minimum atomic E-state index is -0.0870. The Hall–Kier alpha value is -3.19. The van der Waals surface area contributed by atoms with Crippen LogP contribution < -0.4 is 0 Å². The highest BCUT2D eigenvalue weighted by atomic mass is 16.5. The van der Waals surface area contributed by atoms with Gasteiger partial charge in [-0.2, -0.15) is 5.26 Å². The molecule has 4 nitrogen and oxygen atoms in total.